The van der Waals surface area contributed by atoms with Crippen molar-refractivity contribution in [3.8, 4) is 0 Å². The first-order valence-electron chi connectivity index (χ1n) is 1.82. The summed E-state index contributed by atoms with van der Waals surface area (Å²) in [4.78, 5) is 18.2. The molecule has 0 rings (SSSR count). The number of carboxylic acid groups (broad SMARTS) is 1. The highest BCUT2D eigenvalue weighted by Crippen LogP contribution is 1.67. The number of halogens is 1. The van der Waals surface area contributed by atoms with Gasteiger partial charge in [-0.1, -0.05) is 0 Å². The SMILES string of the molecule is CC(C)=O.O=C(O)Cl. The van der Waals surface area contributed by atoms with Crippen LogP contribution in [0.2, 0.25) is 0 Å². The minimum absolute atomic E-state index is 0.167. The van der Waals surface area contributed by atoms with Gasteiger partial charge in [-0.25, -0.2) is 4.79 Å². The topological polar surface area (TPSA) is 54.4 Å². The van der Waals surface area contributed by atoms with Gasteiger partial charge in [-0.05, 0) is 13.8 Å². The molecule has 0 unspecified atom stereocenters. The van der Waals surface area contributed by atoms with Crippen molar-refractivity contribution in [1.82, 2.24) is 0 Å². The van der Waals surface area contributed by atoms with Crippen LogP contribution in [0.1, 0.15) is 13.8 Å². The Morgan fingerprint density at radius 2 is 1.38 bits per heavy atom. The zero-order chi connectivity index (χ0) is 7.15. The normalized spacial score (nSPS) is 6.38. The van der Waals surface area contributed by atoms with E-state index in [0.717, 1.165) is 0 Å². The summed E-state index contributed by atoms with van der Waals surface area (Å²) in [7, 11) is 0. The molecule has 0 aromatic heterocycles. The number of carbonyl (C=O) groups excluding carboxylic acids is 1. The summed E-state index contributed by atoms with van der Waals surface area (Å²) in [6.07, 6.45) is 0. The molecule has 0 fully saturated rings. The van der Waals surface area contributed by atoms with E-state index in [4.69, 9.17) is 9.90 Å². The first-order valence-corrected chi connectivity index (χ1v) is 2.20. The Morgan fingerprint density at radius 1 is 1.38 bits per heavy atom. The summed E-state index contributed by atoms with van der Waals surface area (Å²) in [5.41, 5.74) is -1.36. The van der Waals surface area contributed by atoms with Gasteiger partial charge in [0.15, 0.2) is 0 Å². The first-order chi connectivity index (χ1) is 3.46. The Labute approximate surface area is 52.3 Å². The standard InChI is InChI=1S/C3H6O.CHClO2/c1-3(2)4;2-1(3)4/h1-2H3;(H,3,4). The van der Waals surface area contributed by atoms with Crippen molar-refractivity contribution in [3.63, 3.8) is 0 Å². The maximum Gasteiger partial charge on any atom is 0.401 e. The zero-order valence-corrected chi connectivity index (χ0v) is 5.40. The molecule has 3 nitrogen and oxygen atoms in total. The second kappa shape index (κ2) is 6.43. The molecule has 0 radical (unpaired) electrons. The van der Waals surface area contributed by atoms with Crippen LogP contribution < -0.4 is 0 Å². The maximum absolute atomic E-state index is 9.44. The fourth-order valence-corrected chi connectivity index (χ4v) is 0. The molecular formula is C4H7ClO3. The van der Waals surface area contributed by atoms with Gasteiger partial charge < -0.3 is 9.90 Å². The van der Waals surface area contributed by atoms with E-state index in [1.165, 1.54) is 13.8 Å². The number of ketones is 1. The first kappa shape index (κ1) is 10.4. The Morgan fingerprint density at radius 3 is 1.38 bits per heavy atom. The highest BCUT2D eigenvalue weighted by Gasteiger charge is 1.71. The van der Waals surface area contributed by atoms with Gasteiger partial charge in [0.2, 0.25) is 0 Å². The molecule has 0 aliphatic heterocycles. The molecule has 1 N–H and O–H groups in total. The Balaban J connectivity index is 0. The van der Waals surface area contributed by atoms with Crippen molar-refractivity contribution in [2.75, 3.05) is 0 Å². The van der Waals surface area contributed by atoms with E-state index in [-0.39, 0.29) is 5.78 Å². The smallest absolute Gasteiger partial charge is 0.401 e. The second-order valence-electron chi connectivity index (χ2n) is 1.16. The largest absolute Gasteiger partial charge is 0.469 e. The lowest BCUT2D eigenvalue weighted by Crippen LogP contribution is -1.69. The summed E-state index contributed by atoms with van der Waals surface area (Å²) < 4.78 is 0. The van der Waals surface area contributed by atoms with Gasteiger partial charge in [0.05, 0.1) is 0 Å². The lowest BCUT2D eigenvalue weighted by Gasteiger charge is -1.56. The van der Waals surface area contributed by atoms with Crippen LogP contribution in [-0.2, 0) is 4.79 Å². The summed E-state index contributed by atoms with van der Waals surface area (Å²) in [6.45, 7) is 3.06. The van der Waals surface area contributed by atoms with Gasteiger partial charge in [-0.2, -0.15) is 0 Å². The quantitative estimate of drug-likeness (QED) is 0.516. The van der Waals surface area contributed by atoms with Gasteiger partial charge in [-0.3, -0.25) is 0 Å². The number of Topliss-reactive ketones (excluding diaryl/α,β-unsaturated/α-hetero) is 1. The van der Waals surface area contributed by atoms with Gasteiger partial charge in [0, 0.05) is 11.6 Å². The average Bonchev–Trinajstić information content (AvgIpc) is 1.25. The maximum atomic E-state index is 9.44. The third-order valence-electron chi connectivity index (χ3n) is 0. The Bertz CT molecular complexity index is 69.3. The molecule has 0 bridgehead atoms. The minimum Gasteiger partial charge on any atom is -0.469 e. The van der Waals surface area contributed by atoms with E-state index in [0.29, 0.717) is 0 Å². The molecule has 0 aliphatic rings. The summed E-state index contributed by atoms with van der Waals surface area (Å²) in [5, 5.41) is 7.18. The van der Waals surface area contributed by atoms with E-state index < -0.39 is 5.43 Å². The highest BCUT2D eigenvalue weighted by molar-refractivity contribution is 6.60. The van der Waals surface area contributed by atoms with Gasteiger partial charge in [-0.15, -0.1) is 0 Å². The third-order valence-corrected chi connectivity index (χ3v) is 0. The zero-order valence-electron chi connectivity index (χ0n) is 4.64. The Hall–Kier alpha value is -0.570. The number of carbonyl (C=O) groups is 2. The van der Waals surface area contributed by atoms with Crippen LogP contribution in [0, 0.1) is 0 Å². The lowest BCUT2D eigenvalue weighted by atomic mass is 10.6. The van der Waals surface area contributed by atoms with Crippen LogP contribution in [0.5, 0.6) is 0 Å². The van der Waals surface area contributed by atoms with Gasteiger partial charge in [0.25, 0.3) is 0 Å². The monoisotopic (exact) mass is 138 g/mol. The van der Waals surface area contributed by atoms with E-state index in [2.05, 4.69) is 11.6 Å². The fourth-order valence-electron chi connectivity index (χ4n) is 0. The van der Waals surface area contributed by atoms with E-state index >= 15 is 0 Å². The fraction of sp³-hybridized carbons (Fsp3) is 0.500. The molecule has 0 aliphatic carbocycles. The number of hydrogen-bond donors (Lipinski definition) is 1. The lowest BCUT2D eigenvalue weighted by molar-refractivity contribution is -0.114. The van der Waals surface area contributed by atoms with E-state index in [9.17, 15) is 4.79 Å². The van der Waals surface area contributed by atoms with Crippen molar-refractivity contribution in [2.24, 2.45) is 0 Å². The molecule has 0 aromatic rings. The van der Waals surface area contributed by atoms with Crippen molar-refractivity contribution in [3.05, 3.63) is 0 Å². The van der Waals surface area contributed by atoms with Crippen LogP contribution in [0.3, 0.4) is 0 Å². The van der Waals surface area contributed by atoms with Crippen LogP contribution in [0.25, 0.3) is 0 Å². The number of rotatable bonds is 0. The summed E-state index contributed by atoms with van der Waals surface area (Å²) in [5.74, 6) is 0.167. The van der Waals surface area contributed by atoms with Gasteiger partial charge in [0.1, 0.15) is 5.78 Å². The molecular weight excluding hydrogens is 131 g/mol. The van der Waals surface area contributed by atoms with Crippen molar-refractivity contribution in [1.29, 1.82) is 0 Å². The molecule has 0 saturated heterocycles. The molecule has 0 atom stereocenters. The van der Waals surface area contributed by atoms with Crippen LogP contribution in [0.15, 0.2) is 0 Å². The second-order valence-corrected chi connectivity index (χ2v) is 1.48. The van der Waals surface area contributed by atoms with Crippen LogP contribution in [0.4, 0.5) is 4.79 Å². The molecule has 0 aromatic carbocycles. The highest BCUT2D eigenvalue weighted by atomic mass is 35.5. The van der Waals surface area contributed by atoms with Crippen molar-refractivity contribution >= 4 is 22.8 Å². The predicted molar refractivity (Wildman–Crippen MR) is 30.2 cm³/mol. The molecule has 48 valence electrons. The Kier molecular flexibility index (Phi) is 8.37. The van der Waals surface area contributed by atoms with Gasteiger partial charge >= 0.3 is 5.43 Å². The van der Waals surface area contributed by atoms with Crippen LogP contribution in [-0.4, -0.2) is 16.3 Å². The summed E-state index contributed by atoms with van der Waals surface area (Å²) in [6, 6.07) is 0. The molecule has 0 amide bonds. The molecule has 0 saturated carbocycles. The number of hydrogen-bond acceptors (Lipinski definition) is 2. The predicted octanol–water partition coefficient (Wildman–Crippen LogP) is 1.50. The molecule has 4 heteroatoms. The molecule has 8 heavy (non-hydrogen) atoms. The van der Waals surface area contributed by atoms with Crippen molar-refractivity contribution < 1.29 is 14.7 Å². The van der Waals surface area contributed by atoms with E-state index in [1.807, 2.05) is 0 Å². The molecule has 0 spiro atoms. The van der Waals surface area contributed by atoms with Crippen molar-refractivity contribution in [2.45, 2.75) is 13.8 Å². The van der Waals surface area contributed by atoms with Crippen LogP contribution >= 0.6 is 11.6 Å². The van der Waals surface area contributed by atoms with E-state index in [1.54, 1.807) is 0 Å². The third kappa shape index (κ3) is 328. The minimum atomic E-state index is -1.36. The average molecular weight is 139 g/mol. The molecule has 0 heterocycles. The summed E-state index contributed by atoms with van der Waals surface area (Å²) >= 11 is 4.19.